The minimum Gasteiger partial charge on any atom is -0.497 e. The molecule has 0 saturated carbocycles. The first-order valence-electron chi connectivity index (χ1n) is 5.69. The molecule has 18 heavy (non-hydrogen) atoms. The van der Waals surface area contributed by atoms with Crippen LogP contribution in [0.1, 0.15) is 5.56 Å². The molecule has 0 fully saturated rings. The van der Waals surface area contributed by atoms with Gasteiger partial charge in [0.15, 0.2) is 0 Å². The van der Waals surface area contributed by atoms with Gasteiger partial charge in [-0.15, -0.1) is 0 Å². The zero-order valence-corrected chi connectivity index (χ0v) is 11.3. The smallest absolute Gasteiger partial charge is 0.236 e. The normalized spacial score (nSPS) is 10.0. The third-order valence-corrected chi connectivity index (χ3v) is 2.52. The second-order valence-electron chi connectivity index (χ2n) is 4.11. The highest BCUT2D eigenvalue weighted by atomic mass is 16.5. The Morgan fingerprint density at radius 1 is 1.17 bits per heavy atom. The molecule has 5 nitrogen and oxygen atoms in total. The topological polar surface area (TPSA) is 50.8 Å². The predicted molar refractivity (Wildman–Crippen MR) is 69.9 cm³/mol. The molecule has 0 saturated heterocycles. The summed E-state index contributed by atoms with van der Waals surface area (Å²) in [5.74, 6) is 1.53. The molecule has 0 aliphatic heterocycles. The minimum atomic E-state index is 0.0462. The Kier molecular flexibility index (Phi) is 5.45. The second-order valence-corrected chi connectivity index (χ2v) is 4.11. The van der Waals surface area contributed by atoms with E-state index in [9.17, 15) is 4.79 Å². The van der Waals surface area contributed by atoms with E-state index in [1.54, 1.807) is 33.2 Å². The molecular formula is C13H20N2O3. The number of carbonyl (C=O) groups is 1. The van der Waals surface area contributed by atoms with Gasteiger partial charge in [0.05, 0.1) is 20.8 Å². The minimum absolute atomic E-state index is 0.0462. The van der Waals surface area contributed by atoms with E-state index in [0.717, 1.165) is 17.1 Å². The van der Waals surface area contributed by atoms with Crippen LogP contribution in [0.25, 0.3) is 0 Å². The summed E-state index contributed by atoms with van der Waals surface area (Å²) in [4.78, 5) is 12.9. The molecule has 1 aromatic carbocycles. The van der Waals surface area contributed by atoms with Gasteiger partial charge in [-0.1, -0.05) is 0 Å². The van der Waals surface area contributed by atoms with Crippen LogP contribution in [0.2, 0.25) is 0 Å². The molecule has 0 unspecified atom stereocenters. The molecule has 1 aromatic rings. The lowest BCUT2D eigenvalue weighted by Gasteiger charge is -2.12. The van der Waals surface area contributed by atoms with E-state index in [2.05, 4.69) is 5.32 Å². The summed E-state index contributed by atoms with van der Waals surface area (Å²) >= 11 is 0. The standard InChI is InChI=1S/C13H20N2O3/c1-15(2)13(16)9-14-8-10-5-11(17-3)7-12(6-10)18-4/h5-7,14H,8-9H2,1-4H3. The van der Waals surface area contributed by atoms with E-state index >= 15 is 0 Å². The largest absolute Gasteiger partial charge is 0.497 e. The fraction of sp³-hybridized carbons (Fsp3) is 0.462. The lowest BCUT2D eigenvalue weighted by atomic mass is 10.2. The van der Waals surface area contributed by atoms with Crippen LogP contribution in [0.15, 0.2) is 18.2 Å². The Hall–Kier alpha value is -1.75. The summed E-state index contributed by atoms with van der Waals surface area (Å²) in [6.07, 6.45) is 0. The number of benzene rings is 1. The Labute approximate surface area is 108 Å². The number of carbonyl (C=O) groups excluding carboxylic acids is 1. The van der Waals surface area contributed by atoms with Gasteiger partial charge in [0, 0.05) is 26.7 Å². The van der Waals surface area contributed by atoms with Crippen LogP contribution in [0.4, 0.5) is 0 Å². The van der Waals surface area contributed by atoms with Crippen molar-refractivity contribution in [1.29, 1.82) is 0 Å². The van der Waals surface area contributed by atoms with Gasteiger partial charge in [-0.05, 0) is 17.7 Å². The maximum Gasteiger partial charge on any atom is 0.236 e. The van der Waals surface area contributed by atoms with Crippen molar-refractivity contribution in [2.45, 2.75) is 6.54 Å². The van der Waals surface area contributed by atoms with Crippen LogP contribution in [-0.4, -0.2) is 45.7 Å². The number of nitrogens with zero attached hydrogens (tertiary/aromatic N) is 1. The number of likely N-dealkylation sites (N-methyl/N-ethyl adjacent to an activating group) is 1. The van der Waals surface area contributed by atoms with Gasteiger partial charge < -0.3 is 19.7 Å². The molecule has 0 atom stereocenters. The van der Waals surface area contributed by atoms with Crippen molar-refractivity contribution in [3.8, 4) is 11.5 Å². The van der Waals surface area contributed by atoms with Crippen LogP contribution in [-0.2, 0) is 11.3 Å². The Morgan fingerprint density at radius 3 is 2.17 bits per heavy atom. The van der Waals surface area contributed by atoms with Gasteiger partial charge in [0.1, 0.15) is 11.5 Å². The van der Waals surface area contributed by atoms with Crippen LogP contribution in [0.5, 0.6) is 11.5 Å². The number of ether oxygens (including phenoxy) is 2. The molecule has 0 aliphatic carbocycles. The number of hydrogen-bond donors (Lipinski definition) is 1. The molecule has 0 radical (unpaired) electrons. The van der Waals surface area contributed by atoms with Crippen molar-refractivity contribution < 1.29 is 14.3 Å². The maximum absolute atomic E-state index is 11.4. The van der Waals surface area contributed by atoms with Crippen LogP contribution in [0, 0.1) is 0 Å². The summed E-state index contributed by atoms with van der Waals surface area (Å²) in [5, 5.41) is 3.08. The summed E-state index contributed by atoms with van der Waals surface area (Å²) in [7, 11) is 6.69. The average molecular weight is 252 g/mol. The van der Waals surface area contributed by atoms with Crippen molar-refractivity contribution in [2.75, 3.05) is 34.9 Å². The Morgan fingerprint density at radius 2 is 1.72 bits per heavy atom. The monoisotopic (exact) mass is 252 g/mol. The molecule has 0 aliphatic rings. The molecule has 1 rings (SSSR count). The predicted octanol–water partition coefficient (Wildman–Crippen LogP) is 0.882. The van der Waals surface area contributed by atoms with E-state index in [0.29, 0.717) is 13.1 Å². The summed E-state index contributed by atoms with van der Waals surface area (Å²) in [5.41, 5.74) is 1.01. The van der Waals surface area contributed by atoms with Gasteiger partial charge in [0.25, 0.3) is 0 Å². The highest BCUT2D eigenvalue weighted by Gasteiger charge is 2.05. The molecule has 0 spiro atoms. The first kappa shape index (κ1) is 14.3. The van der Waals surface area contributed by atoms with Crippen molar-refractivity contribution in [1.82, 2.24) is 10.2 Å². The van der Waals surface area contributed by atoms with E-state index in [4.69, 9.17) is 9.47 Å². The SMILES string of the molecule is COc1cc(CNCC(=O)N(C)C)cc(OC)c1. The highest BCUT2D eigenvalue weighted by molar-refractivity contribution is 5.77. The zero-order chi connectivity index (χ0) is 13.5. The van der Waals surface area contributed by atoms with E-state index in [1.165, 1.54) is 0 Å². The fourth-order valence-electron chi connectivity index (χ4n) is 1.44. The van der Waals surface area contributed by atoms with Gasteiger partial charge >= 0.3 is 0 Å². The quantitative estimate of drug-likeness (QED) is 0.816. The maximum atomic E-state index is 11.4. The third kappa shape index (κ3) is 4.25. The van der Waals surface area contributed by atoms with E-state index in [-0.39, 0.29) is 5.91 Å². The summed E-state index contributed by atoms with van der Waals surface area (Å²) < 4.78 is 10.4. The van der Waals surface area contributed by atoms with Crippen molar-refractivity contribution in [3.63, 3.8) is 0 Å². The van der Waals surface area contributed by atoms with Crippen molar-refractivity contribution >= 4 is 5.91 Å². The first-order chi connectivity index (χ1) is 8.56. The molecule has 5 heteroatoms. The van der Waals surface area contributed by atoms with Crippen LogP contribution < -0.4 is 14.8 Å². The third-order valence-electron chi connectivity index (χ3n) is 2.52. The number of nitrogens with one attached hydrogen (secondary N) is 1. The lowest BCUT2D eigenvalue weighted by molar-refractivity contribution is -0.127. The van der Waals surface area contributed by atoms with E-state index < -0.39 is 0 Å². The number of methoxy groups -OCH3 is 2. The number of hydrogen-bond acceptors (Lipinski definition) is 4. The zero-order valence-electron chi connectivity index (χ0n) is 11.3. The molecule has 0 heterocycles. The molecule has 1 amide bonds. The van der Waals surface area contributed by atoms with E-state index in [1.807, 2.05) is 18.2 Å². The summed E-state index contributed by atoms with van der Waals surface area (Å²) in [6, 6.07) is 5.64. The van der Waals surface area contributed by atoms with Crippen molar-refractivity contribution in [2.24, 2.45) is 0 Å². The molecule has 0 bridgehead atoms. The molecule has 1 N–H and O–H groups in total. The van der Waals surface area contributed by atoms with Gasteiger partial charge in [-0.25, -0.2) is 0 Å². The fourth-order valence-corrected chi connectivity index (χ4v) is 1.44. The Bertz CT molecular complexity index is 383. The molecule has 100 valence electrons. The average Bonchev–Trinajstić information content (AvgIpc) is 2.37. The van der Waals surface area contributed by atoms with Gasteiger partial charge in [-0.3, -0.25) is 4.79 Å². The van der Waals surface area contributed by atoms with Gasteiger partial charge in [0.2, 0.25) is 5.91 Å². The molecular weight excluding hydrogens is 232 g/mol. The van der Waals surface area contributed by atoms with Crippen molar-refractivity contribution in [3.05, 3.63) is 23.8 Å². The van der Waals surface area contributed by atoms with Crippen LogP contribution >= 0.6 is 0 Å². The second kappa shape index (κ2) is 6.86. The highest BCUT2D eigenvalue weighted by Crippen LogP contribution is 2.22. The number of amides is 1. The molecule has 0 aromatic heterocycles. The Balaban J connectivity index is 2.58. The lowest BCUT2D eigenvalue weighted by Crippen LogP contribution is -2.32. The first-order valence-corrected chi connectivity index (χ1v) is 5.69. The summed E-state index contributed by atoms with van der Waals surface area (Å²) in [6.45, 7) is 0.902. The van der Waals surface area contributed by atoms with Crippen LogP contribution in [0.3, 0.4) is 0 Å². The van der Waals surface area contributed by atoms with Gasteiger partial charge in [-0.2, -0.15) is 0 Å². The number of rotatable bonds is 6.